The van der Waals surface area contributed by atoms with Crippen LogP contribution in [-0.2, 0) is 13.0 Å². The van der Waals surface area contributed by atoms with E-state index in [0.29, 0.717) is 0 Å². The number of aryl methyl sites for hydroxylation is 1. The van der Waals surface area contributed by atoms with Crippen LogP contribution in [0.25, 0.3) is 0 Å². The molecule has 0 aromatic carbocycles. The molecule has 1 aliphatic carbocycles. The molecule has 0 amide bonds. The Morgan fingerprint density at radius 3 is 2.63 bits per heavy atom. The van der Waals surface area contributed by atoms with E-state index in [1.807, 2.05) is 0 Å². The quantitative estimate of drug-likeness (QED) is 0.864. The molecular formula is C16H28N2O. The zero-order valence-electron chi connectivity index (χ0n) is 12.7. The maximum Gasteiger partial charge on any atom is 0.266 e. The average Bonchev–Trinajstić information content (AvgIpc) is 2.88. The SMILES string of the molecule is CC(C)(C)Cn1[nH]c(CCCC2CCCC2)cc1=O. The van der Waals surface area contributed by atoms with Crippen molar-refractivity contribution in [1.82, 2.24) is 9.78 Å². The van der Waals surface area contributed by atoms with E-state index < -0.39 is 0 Å². The summed E-state index contributed by atoms with van der Waals surface area (Å²) < 4.78 is 1.75. The molecule has 0 saturated heterocycles. The van der Waals surface area contributed by atoms with Gasteiger partial charge in [-0.2, -0.15) is 0 Å². The van der Waals surface area contributed by atoms with Gasteiger partial charge in [-0.05, 0) is 24.2 Å². The van der Waals surface area contributed by atoms with Gasteiger partial charge in [0.1, 0.15) is 0 Å². The Hall–Kier alpha value is -0.990. The van der Waals surface area contributed by atoms with E-state index in [2.05, 4.69) is 25.9 Å². The Kier molecular flexibility index (Phi) is 4.54. The number of aromatic nitrogens is 2. The van der Waals surface area contributed by atoms with Gasteiger partial charge in [-0.15, -0.1) is 0 Å². The van der Waals surface area contributed by atoms with E-state index in [1.54, 1.807) is 10.7 Å². The lowest BCUT2D eigenvalue weighted by Gasteiger charge is -2.17. The monoisotopic (exact) mass is 264 g/mol. The molecule has 1 saturated carbocycles. The van der Waals surface area contributed by atoms with Crippen LogP contribution in [0.15, 0.2) is 10.9 Å². The number of hydrogen-bond acceptors (Lipinski definition) is 1. The molecule has 1 heterocycles. The normalized spacial score (nSPS) is 17.2. The van der Waals surface area contributed by atoms with Gasteiger partial charge >= 0.3 is 0 Å². The summed E-state index contributed by atoms with van der Waals surface area (Å²) >= 11 is 0. The molecule has 1 N–H and O–H groups in total. The van der Waals surface area contributed by atoms with Crippen molar-refractivity contribution >= 4 is 0 Å². The number of rotatable bonds is 5. The minimum atomic E-state index is 0.116. The fraction of sp³-hybridized carbons (Fsp3) is 0.812. The largest absolute Gasteiger partial charge is 0.300 e. The van der Waals surface area contributed by atoms with E-state index in [1.165, 1.54) is 38.5 Å². The van der Waals surface area contributed by atoms with Crippen molar-refractivity contribution < 1.29 is 0 Å². The summed E-state index contributed by atoms with van der Waals surface area (Å²) in [6, 6.07) is 1.78. The molecule has 2 rings (SSSR count). The van der Waals surface area contributed by atoms with Crippen LogP contribution in [0.2, 0.25) is 0 Å². The number of nitrogens with one attached hydrogen (secondary N) is 1. The molecule has 19 heavy (non-hydrogen) atoms. The van der Waals surface area contributed by atoms with Crippen molar-refractivity contribution in [2.24, 2.45) is 11.3 Å². The Labute approximate surface area is 116 Å². The molecule has 3 nitrogen and oxygen atoms in total. The lowest BCUT2D eigenvalue weighted by Crippen LogP contribution is -2.24. The van der Waals surface area contributed by atoms with Crippen LogP contribution < -0.4 is 5.56 Å². The number of hydrogen-bond donors (Lipinski definition) is 1. The third-order valence-corrected chi connectivity index (χ3v) is 4.01. The van der Waals surface area contributed by atoms with Gasteiger partial charge in [-0.25, -0.2) is 0 Å². The molecule has 0 spiro atoms. The minimum absolute atomic E-state index is 0.116. The predicted molar refractivity (Wildman–Crippen MR) is 79.4 cm³/mol. The van der Waals surface area contributed by atoms with Gasteiger partial charge in [0, 0.05) is 18.3 Å². The molecule has 0 radical (unpaired) electrons. The van der Waals surface area contributed by atoms with Crippen LogP contribution in [0.5, 0.6) is 0 Å². The first-order valence-electron chi connectivity index (χ1n) is 7.73. The molecule has 1 aromatic heterocycles. The van der Waals surface area contributed by atoms with Crippen molar-refractivity contribution in [3.63, 3.8) is 0 Å². The Morgan fingerprint density at radius 2 is 2.00 bits per heavy atom. The molecule has 0 unspecified atom stereocenters. The third kappa shape index (κ3) is 4.55. The second-order valence-corrected chi connectivity index (χ2v) is 7.31. The fourth-order valence-electron chi connectivity index (χ4n) is 3.09. The van der Waals surface area contributed by atoms with Gasteiger partial charge in [0.05, 0.1) is 0 Å². The molecule has 0 bridgehead atoms. The highest BCUT2D eigenvalue weighted by Crippen LogP contribution is 2.28. The average molecular weight is 264 g/mol. The van der Waals surface area contributed by atoms with E-state index in [-0.39, 0.29) is 11.0 Å². The van der Waals surface area contributed by atoms with Crippen molar-refractivity contribution in [1.29, 1.82) is 0 Å². The lowest BCUT2D eigenvalue weighted by atomic mass is 9.97. The number of nitrogens with zero attached hydrogens (tertiary/aromatic N) is 1. The number of H-pyrrole nitrogens is 1. The van der Waals surface area contributed by atoms with Gasteiger partial charge in [0.15, 0.2) is 0 Å². The highest BCUT2D eigenvalue weighted by atomic mass is 16.1. The van der Waals surface area contributed by atoms with Gasteiger partial charge < -0.3 is 0 Å². The molecule has 0 atom stereocenters. The first kappa shape index (κ1) is 14.4. The van der Waals surface area contributed by atoms with E-state index in [0.717, 1.165) is 24.6 Å². The summed E-state index contributed by atoms with van der Waals surface area (Å²) in [6.07, 6.45) is 9.23. The summed E-state index contributed by atoms with van der Waals surface area (Å²) in [4.78, 5) is 11.9. The standard InChI is InChI=1S/C16H28N2O/c1-16(2,3)12-18-15(19)11-14(17-18)10-6-9-13-7-4-5-8-13/h11,13,17H,4-10,12H2,1-3H3. The molecule has 3 heteroatoms. The van der Waals surface area contributed by atoms with E-state index >= 15 is 0 Å². The van der Waals surface area contributed by atoms with Crippen LogP contribution in [0.1, 0.15) is 65.0 Å². The first-order chi connectivity index (χ1) is 8.94. The zero-order valence-corrected chi connectivity index (χ0v) is 12.7. The third-order valence-electron chi connectivity index (χ3n) is 4.01. The summed E-state index contributed by atoms with van der Waals surface area (Å²) in [6.45, 7) is 7.22. The summed E-state index contributed by atoms with van der Waals surface area (Å²) in [7, 11) is 0. The summed E-state index contributed by atoms with van der Waals surface area (Å²) in [5, 5.41) is 3.27. The van der Waals surface area contributed by atoms with Crippen LogP contribution >= 0.6 is 0 Å². The minimum Gasteiger partial charge on any atom is -0.300 e. The molecule has 108 valence electrons. The maximum absolute atomic E-state index is 11.9. The Balaban J connectivity index is 1.83. The first-order valence-corrected chi connectivity index (χ1v) is 7.73. The highest BCUT2D eigenvalue weighted by Gasteiger charge is 2.16. The molecule has 0 aliphatic heterocycles. The van der Waals surface area contributed by atoms with Crippen molar-refractivity contribution in [3.05, 3.63) is 22.1 Å². The van der Waals surface area contributed by atoms with Gasteiger partial charge in [0.25, 0.3) is 5.56 Å². The van der Waals surface area contributed by atoms with E-state index in [9.17, 15) is 4.79 Å². The molecular weight excluding hydrogens is 236 g/mol. The van der Waals surface area contributed by atoms with Crippen molar-refractivity contribution in [2.45, 2.75) is 72.3 Å². The highest BCUT2D eigenvalue weighted by molar-refractivity contribution is 5.00. The number of aromatic amines is 1. The zero-order chi connectivity index (χ0) is 13.9. The van der Waals surface area contributed by atoms with Crippen LogP contribution in [-0.4, -0.2) is 9.78 Å². The Bertz CT molecular complexity index is 444. The predicted octanol–water partition coefficient (Wildman–Crippen LogP) is 3.74. The lowest BCUT2D eigenvalue weighted by molar-refractivity contribution is 0.319. The molecule has 1 aromatic rings. The van der Waals surface area contributed by atoms with Crippen molar-refractivity contribution in [3.8, 4) is 0 Å². The van der Waals surface area contributed by atoms with Gasteiger partial charge in [0.2, 0.25) is 0 Å². The summed E-state index contributed by atoms with van der Waals surface area (Å²) in [5.41, 5.74) is 1.36. The van der Waals surface area contributed by atoms with Crippen LogP contribution in [0, 0.1) is 11.3 Å². The van der Waals surface area contributed by atoms with Crippen LogP contribution in [0.3, 0.4) is 0 Å². The second kappa shape index (κ2) is 5.98. The fourth-order valence-corrected chi connectivity index (χ4v) is 3.09. The van der Waals surface area contributed by atoms with Crippen molar-refractivity contribution in [2.75, 3.05) is 0 Å². The maximum atomic E-state index is 11.9. The smallest absolute Gasteiger partial charge is 0.266 e. The second-order valence-electron chi connectivity index (χ2n) is 7.31. The molecule has 1 aliphatic rings. The molecule has 1 fully saturated rings. The van der Waals surface area contributed by atoms with Crippen LogP contribution in [0.4, 0.5) is 0 Å². The topological polar surface area (TPSA) is 37.8 Å². The summed E-state index contributed by atoms with van der Waals surface area (Å²) in [5.74, 6) is 0.948. The van der Waals surface area contributed by atoms with E-state index in [4.69, 9.17) is 0 Å². The van der Waals surface area contributed by atoms with Gasteiger partial charge in [-0.1, -0.05) is 52.9 Å². The Morgan fingerprint density at radius 1 is 1.32 bits per heavy atom. The van der Waals surface area contributed by atoms with Gasteiger partial charge in [-0.3, -0.25) is 14.6 Å².